The van der Waals surface area contributed by atoms with Crippen molar-refractivity contribution in [2.45, 2.75) is 6.92 Å². The largest absolute Gasteiger partial charge is 0.511 e. The Balaban J connectivity index is 2.38. The van der Waals surface area contributed by atoms with Crippen molar-refractivity contribution in [3.8, 4) is 11.8 Å². The number of methoxy groups -OCH3 is 1. The highest BCUT2D eigenvalue weighted by atomic mass is 79.9. The minimum atomic E-state index is -1.04. The van der Waals surface area contributed by atoms with Gasteiger partial charge in [-0.05, 0) is 41.1 Å². The lowest BCUT2D eigenvalue weighted by Crippen LogP contribution is -2.18. The van der Waals surface area contributed by atoms with Crippen LogP contribution in [0.3, 0.4) is 0 Å². The van der Waals surface area contributed by atoms with Crippen LogP contribution in [0.25, 0.3) is 0 Å². The molecule has 2 aromatic rings. The van der Waals surface area contributed by atoms with Gasteiger partial charge in [0, 0.05) is 10.5 Å². The third-order valence-electron chi connectivity index (χ3n) is 3.68. The molecule has 0 aliphatic rings. The molecule has 0 atom stereocenters. The second-order valence-electron chi connectivity index (χ2n) is 5.61. The quantitative estimate of drug-likeness (QED) is 0.346. The van der Waals surface area contributed by atoms with Gasteiger partial charge in [0.25, 0.3) is 11.8 Å². The lowest BCUT2D eigenvalue weighted by molar-refractivity contribution is -0.112. The Hall–Kier alpha value is -3.45. The first-order valence-electron chi connectivity index (χ1n) is 7.93. The number of carbonyl (C=O) groups excluding carboxylic acids is 2. The van der Waals surface area contributed by atoms with E-state index < -0.39 is 34.8 Å². The van der Waals surface area contributed by atoms with E-state index >= 15 is 0 Å². The zero-order valence-electron chi connectivity index (χ0n) is 15.1. The van der Waals surface area contributed by atoms with E-state index in [-0.39, 0.29) is 27.2 Å². The van der Waals surface area contributed by atoms with Crippen LogP contribution in [0.4, 0.5) is 20.2 Å². The number of nitriles is 1. The number of amides is 2. The maximum Gasteiger partial charge on any atom is 0.269 e. The van der Waals surface area contributed by atoms with Crippen LogP contribution in [0.1, 0.15) is 17.3 Å². The van der Waals surface area contributed by atoms with E-state index in [1.165, 1.54) is 25.3 Å². The number of rotatable bonds is 5. The second-order valence-corrected chi connectivity index (χ2v) is 6.46. The first kappa shape index (κ1) is 21.8. The van der Waals surface area contributed by atoms with Crippen LogP contribution in [-0.4, -0.2) is 24.0 Å². The fourth-order valence-corrected chi connectivity index (χ4v) is 2.72. The van der Waals surface area contributed by atoms with E-state index in [1.807, 2.05) is 0 Å². The summed E-state index contributed by atoms with van der Waals surface area (Å²) in [5, 5.41) is 22.6. The Kier molecular flexibility index (Phi) is 6.90. The van der Waals surface area contributed by atoms with E-state index in [0.717, 1.165) is 25.1 Å². The molecule has 0 saturated carbocycles. The molecule has 7 nitrogen and oxygen atoms in total. The highest BCUT2D eigenvalue weighted by Gasteiger charge is 2.21. The van der Waals surface area contributed by atoms with Crippen molar-refractivity contribution >= 4 is 39.1 Å². The van der Waals surface area contributed by atoms with Crippen molar-refractivity contribution in [2.75, 3.05) is 17.7 Å². The normalized spacial score (nSPS) is 11.2. The summed E-state index contributed by atoms with van der Waals surface area (Å²) in [6, 6.07) is 7.40. The number of benzene rings is 2. The summed E-state index contributed by atoms with van der Waals surface area (Å²) in [7, 11) is 1.22. The summed E-state index contributed by atoms with van der Waals surface area (Å²) in [5.41, 5.74) is -1.38. The topological polar surface area (TPSA) is 111 Å². The Bertz CT molecular complexity index is 1040. The van der Waals surface area contributed by atoms with Gasteiger partial charge in [0.1, 0.15) is 29.2 Å². The van der Waals surface area contributed by atoms with Crippen molar-refractivity contribution in [1.82, 2.24) is 0 Å². The van der Waals surface area contributed by atoms with Crippen molar-refractivity contribution in [3.05, 3.63) is 63.3 Å². The first-order valence-corrected chi connectivity index (χ1v) is 8.73. The van der Waals surface area contributed by atoms with Crippen molar-refractivity contribution in [3.63, 3.8) is 0 Å². The fourth-order valence-electron chi connectivity index (χ4n) is 2.27. The smallest absolute Gasteiger partial charge is 0.269 e. The summed E-state index contributed by atoms with van der Waals surface area (Å²) in [5.74, 6) is -4.26. The maximum absolute atomic E-state index is 14.5. The lowest BCUT2D eigenvalue weighted by atomic mass is 10.1. The van der Waals surface area contributed by atoms with Crippen LogP contribution in [-0.2, 0) is 4.79 Å². The number of aliphatic hydroxyl groups excluding tert-OH is 1. The molecule has 0 fully saturated rings. The SMILES string of the molecule is COc1cc(NC(=O)/C(C#N)=C(/C)O)c(F)cc1C(=O)Nc1c(F)cccc1Br. The van der Waals surface area contributed by atoms with E-state index in [9.17, 15) is 23.5 Å². The number of ether oxygens (including phenoxy) is 1. The summed E-state index contributed by atoms with van der Waals surface area (Å²) >= 11 is 3.11. The van der Waals surface area contributed by atoms with Gasteiger partial charge in [-0.25, -0.2) is 8.78 Å². The number of hydrogen-bond acceptors (Lipinski definition) is 5. The van der Waals surface area contributed by atoms with Crippen LogP contribution >= 0.6 is 15.9 Å². The van der Waals surface area contributed by atoms with Gasteiger partial charge >= 0.3 is 0 Å². The highest BCUT2D eigenvalue weighted by Crippen LogP contribution is 2.30. The van der Waals surface area contributed by atoms with Gasteiger partial charge in [0.05, 0.1) is 24.0 Å². The molecule has 0 bridgehead atoms. The number of para-hydroxylation sites is 1. The average Bonchev–Trinajstić information content (AvgIpc) is 2.66. The number of halogens is 3. The van der Waals surface area contributed by atoms with Gasteiger partial charge in [-0.15, -0.1) is 0 Å². The molecule has 3 N–H and O–H groups in total. The molecule has 0 saturated heterocycles. The minimum absolute atomic E-state index is 0.116. The van der Waals surface area contributed by atoms with E-state index in [2.05, 4.69) is 26.6 Å². The molecule has 2 aromatic carbocycles. The molecule has 29 heavy (non-hydrogen) atoms. The average molecular weight is 466 g/mol. The third kappa shape index (κ3) is 4.89. The van der Waals surface area contributed by atoms with Gasteiger partial charge in [-0.2, -0.15) is 5.26 Å². The molecular weight excluding hydrogens is 452 g/mol. The molecule has 2 amide bonds. The van der Waals surface area contributed by atoms with Crippen LogP contribution < -0.4 is 15.4 Å². The molecule has 10 heteroatoms. The maximum atomic E-state index is 14.5. The predicted molar refractivity (Wildman–Crippen MR) is 105 cm³/mol. The van der Waals surface area contributed by atoms with Crippen molar-refractivity contribution < 1.29 is 28.2 Å². The second kappa shape index (κ2) is 9.16. The minimum Gasteiger partial charge on any atom is -0.511 e. The van der Waals surface area contributed by atoms with Gasteiger partial charge in [0.2, 0.25) is 0 Å². The number of carbonyl (C=O) groups is 2. The van der Waals surface area contributed by atoms with Gasteiger partial charge in [-0.1, -0.05) is 6.07 Å². The van der Waals surface area contributed by atoms with Gasteiger partial charge in [-0.3, -0.25) is 9.59 Å². The first-order chi connectivity index (χ1) is 13.7. The zero-order valence-corrected chi connectivity index (χ0v) is 16.7. The van der Waals surface area contributed by atoms with E-state index in [1.54, 1.807) is 0 Å². The Morgan fingerprint density at radius 2 is 1.90 bits per heavy atom. The van der Waals surface area contributed by atoms with Crippen LogP contribution in [0, 0.1) is 23.0 Å². The predicted octanol–water partition coefficient (Wildman–Crippen LogP) is 4.28. The summed E-state index contributed by atoms with van der Waals surface area (Å²) in [4.78, 5) is 24.5. The zero-order chi connectivity index (χ0) is 21.7. The summed E-state index contributed by atoms with van der Waals surface area (Å²) < 4.78 is 33.7. The molecule has 0 heterocycles. The van der Waals surface area contributed by atoms with Crippen LogP contribution in [0.5, 0.6) is 5.75 Å². The Labute approximate surface area is 172 Å². The van der Waals surface area contributed by atoms with Crippen LogP contribution in [0.2, 0.25) is 0 Å². The molecule has 150 valence electrons. The molecule has 0 aliphatic carbocycles. The Morgan fingerprint density at radius 1 is 1.21 bits per heavy atom. The van der Waals surface area contributed by atoms with Gasteiger partial charge < -0.3 is 20.5 Å². The standard InChI is InChI=1S/C19H14BrF2N3O4/c1-9(26)11(8-23)19(28)24-15-7-16(29-2)10(6-14(15)22)18(27)25-17-12(20)4-3-5-13(17)21/h3-7,26H,1-2H3,(H,24,28)(H,25,27)/b11-9-. The summed E-state index contributed by atoms with van der Waals surface area (Å²) in [6.45, 7) is 1.13. The third-order valence-corrected chi connectivity index (χ3v) is 4.34. The number of nitrogens with one attached hydrogen (secondary N) is 2. The Morgan fingerprint density at radius 3 is 2.45 bits per heavy atom. The number of aliphatic hydroxyl groups is 1. The number of anilines is 2. The molecule has 0 aliphatic heterocycles. The number of allylic oxidation sites excluding steroid dienone is 1. The monoisotopic (exact) mass is 465 g/mol. The van der Waals surface area contributed by atoms with Crippen LogP contribution in [0.15, 0.2) is 46.1 Å². The molecular formula is C19H14BrF2N3O4. The lowest BCUT2D eigenvalue weighted by Gasteiger charge is -2.14. The highest BCUT2D eigenvalue weighted by molar-refractivity contribution is 9.10. The molecule has 0 spiro atoms. The number of hydrogen-bond donors (Lipinski definition) is 3. The van der Waals surface area contributed by atoms with Crippen molar-refractivity contribution in [2.24, 2.45) is 0 Å². The number of nitrogens with zero attached hydrogens (tertiary/aromatic N) is 1. The van der Waals surface area contributed by atoms with E-state index in [0.29, 0.717) is 0 Å². The molecule has 0 unspecified atom stereocenters. The molecule has 0 radical (unpaired) electrons. The van der Waals surface area contributed by atoms with E-state index in [4.69, 9.17) is 10.00 Å². The van der Waals surface area contributed by atoms with Gasteiger partial charge in [0.15, 0.2) is 5.57 Å². The molecule has 2 rings (SSSR count). The fraction of sp³-hybridized carbons (Fsp3) is 0.105. The summed E-state index contributed by atoms with van der Waals surface area (Å²) in [6.07, 6.45) is 0. The molecule has 0 aromatic heterocycles. The van der Waals surface area contributed by atoms with Crippen molar-refractivity contribution in [1.29, 1.82) is 5.26 Å².